The van der Waals surface area contributed by atoms with Gasteiger partial charge in [-0.05, 0) is 11.6 Å². The van der Waals surface area contributed by atoms with E-state index in [1.807, 2.05) is 0 Å². The molecule has 0 unspecified atom stereocenters. The Hall–Kier alpha value is -0.670. The minimum atomic E-state index is -0.840. The summed E-state index contributed by atoms with van der Waals surface area (Å²) in [4.78, 5) is 0. The summed E-state index contributed by atoms with van der Waals surface area (Å²) in [5.74, 6) is -0.571. The van der Waals surface area contributed by atoms with Crippen molar-refractivity contribution in [3.63, 3.8) is 0 Å². The molecule has 0 aliphatic heterocycles. The Balaban J connectivity index is 3.07. The Bertz CT molecular complexity index is 278. The second-order valence-corrected chi connectivity index (χ2v) is 2.78. The summed E-state index contributed by atoms with van der Waals surface area (Å²) >= 11 is 5.55. The molecule has 66 valence electrons. The van der Waals surface area contributed by atoms with Gasteiger partial charge in [-0.25, -0.2) is 8.78 Å². The molecule has 12 heavy (non-hydrogen) atoms. The Morgan fingerprint density at radius 2 is 2.17 bits per heavy atom. The molecule has 0 aliphatic rings. The summed E-state index contributed by atoms with van der Waals surface area (Å²) in [6.45, 7) is -0.747. The molecule has 0 saturated heterocycles. The van der Waals surface area contributed by atoms with Crippen LogP contribution in [-0.4, -0.2) is 6.67 Å². The van der Waals surface area contributed by atoms with Gasteiger partial charge in [0.2, 0.25) is 0 Å². The van der Waals surface area contributed by atoms with E-state index in [-0.39, 0.29) is 5.02 Å². The molecule has 0 saturated carbocycles. The standard InChI is InChI=1S/C8H8ClF2N/c9-8-5(7(12)4-10)2-1-3-6(8)11/h1-3,7H,4,12H2/t7-/m0/s1. The van der Waals surface area contributed by atoms with E-state index in [9.17, 15) is 8.78 Å². The van der Waals surface area contributed by atoms with E-state index in [0.717, 1.165) is 0 Å². The summed E-state index contributed by atoms with van der Waals surface area (Å²) in [5.41, 5.74) is 5.64. The van der Waals surface area contributed by atoms with E-state index >= 15 is 0 Å². The summed E-state index contributed by atoms with van der Waals surface area (Å²) in [7, 11) is 0. The number of halogens is 3. The van der Waals surface area contributed by atoms with Crippen molar-refractivity contribution in [2.24, 2.45) is 5.73 Å². The second kappa shape index (κ2) is 3.83. The van der Waals surface area contributed by atoms with E-state index in [0.29, 0.717) is 5.56 Å². The van der Waals surface area contributed by atoms with Crippen molar-refractivity contribution in [3.05, 3.63) is 34.6 Å². The topological polar surface area (TPSA) is 26.0 Å². The minimum Gasteiger partial charge on any atom is -0.322 e. The predicted octanol–water partition coefficient (Wildman–Crippen LogP) is 2.45. The molecule has 1 atom stereocenters. The zero-order chi connectivity index (χ0) is 9.14. The number of benzene rings is 1. The summed E-state index contributed by atoms with van der Waals surface area (Å²) in [5, 5.41) is -0.0948. The van der Waals surface area contributed by atoms with Crippen LogP contribution in [0.1, 0.15) is 11.6 Å². The Kier molecular flexibility index (Phi) is 3.00. The zero-order valence-electron chi connectivity index (χ0n) is 6.23. The lowest BCUT2D eigenvalue weighted by atomic mass is 10.1. The quantitative estimate of drug-likeness (QED) is 0.764. The van der Waals surface area contributed by atoms with E-state index in [4.69, 9.17) is 17.3 Å². The summed E-state index contributed by atoms with van der Waals surface area (Å²) in [6.07, 6.45) is 0. The summed E-state index contributed by atoms with van der Waals surface area (Å²) < 4.78 is 24.8. The fourth-order valence-electron chi connectivity index (χ4n) is 0.890. The lowest BCUT2D eigenvalue weighted by molar-refractivity contribution is 0.436. The van der Waals surface area contributed by atoms with E-state index in [1.54, 1.807) is 0 Å². The first-order valence-corrected chi connectivity index (χ1v) is 3.80. The van der Waals surface area contributed by atoms with Crippen LogP contribution in [0.15, 0.2) is 18.2 Å². The SMILES string of the molecule is N[C@@H](CF)c1cccc(F)c1Cl. The van der Waals surface area contributed by atoms with Crippen LogP contribution in [0.4, 0.5) is 8.78 Å². The number of hydrogen-bond donors (Lipinski definition) is 1. The maximum absolute atomic E-state index is 12.8. The van der Waals surface area contributed by atoms with Gasteiger partial charge in [0.25, 0.3) is 0 Å². The molecule has 1 aromatic carbocycles. The molecule has 0 radical (unpaired) electrons. The highest BCUT2D eigenvalue weighted by Gasteiger charge is 2.11. The van der Waals surface area contributed by atoms with Gasteiger partial charge in [0, 0.05) is 0 Å². The number of alkyl halides is 1. The third-order valence-corrected chi connectivity index (χ3v) is 1.95. The van der Waals surface area contributed by atoms with Gasteiger partial charge in [0.05, 0.1) is 11.1 Å². The average Bonchev–Trinajstić information content (AvgIpc) is 2.08. The molecule has 1 nitrogen and oxygen atoms in total. The van der Waals surface area contributed by atoms with Crippen molar-refractivity contribution in [1.82, 2.24) is 0 Å². The van der Waals surface area contributed by atoms with Gasteiger partial charge < -0.3 is 5.73 Å². The van der Waals surface area contributed by atoms with Crippen LogP contribution >= 0.6 is 11.6 Å². The first-order valence-electron chi connectivity index (χ1n) is 3.42. The van der Waals surface area contributed by atoms with Gasteiger partial charge in [-0.15, -0.1) is 0 Å². The number of hydrogen-bond acceptors (Lipinski definition) is 1. The number of rotatable bonds is 2. The van der Waals surface area contributed by atoms with Crippen molar-refractivity contribution in [1.29, 1.82) is 0 Å². The highest BCUT2D eigenvalue weighted by atomic mass is 35.5. The molecule has 1 rings (SSSR count). The maximum Gasteiger partial charge on any atom is 0.142 e. The van der Waals surface area contributed by atoms with Crippen LogP contribution in [-0.2, 0) is 0 Å². The third kappa shape index (κ3) is 1.73. The zero-order valence-corrected chi connectivity index (χ0v) is 6.98. The molecule has 0 amide bonds. The molecule has 0 fully saturated rings. The summed E-state index contributed by atoms with van der Waals surface area (Å²) in [6, 6.07) is 3.33. The Morgan fingerprint density at radius 1 is 1.50 bits per heavy atom. The first-order chi connectivity index (χ1) is 5.66. The lowest BCUT2D eigenvalue weighted by Crippen LogP contribution is -2.12. The van der Waals surface area contributed by atoms with Gasteiger partial charge in [-0.1, -0.05) is 23.7 Å². The van der Waals surface area contributed by atoms with Crippen molar-refractivity contribution < 1.29 is 8.78 Å². The number of nitrogens with two attached hydrogens (primary N) is 1. The van der Waals surface area contributed by atoms with E-state index in [1.165, 1.54) is 18.2 Å². The van der Waals surface area contributed by atoms with Gasteiger partial charge in [-0.2, -0.15) is 0 Å². The van der Waals surface area contributed by atoms with Crippen molar-refractivity contribution in [3.8, 4) is 0 Å². The highest BCUT2D eigenvalue weighted by molar-refractivity contribution is 6.31. The van der Waals surface area contributed by atoms with Crippen molar-refractivity contribution in [2.75, 3.05) is 6.67 Å². The Labute approximate surface area is 74.1 Å². The van der Waals surface area contributed by atoms with E-state index < -0.39 is 18.5 Å². The lowest BCUT2D eigenvalue weighted by Gasteiger charge is -2.09. The Morgan fingerprint density at radius 3 is 2.75 bits per heavy atom. The molecule has 0 aromatic heterocycles. The molecule has 0 bridgehead atoms. The van der Waals surface area contributed by atoms with Crippen molar-refractivity contribution >= 4 is 11.6 Å². The van der Waals surface area contributed by atoms with Crippen LogP contribution < -0.4 is 5.73 Å². The largest absolute Gasteiger partial charge is 0.322 e. The minimum absolute atomic E-state index is 0.0948. The second-order valence-electron chi connectivity index (χ2n) is 2.40. The molecule has 2 N–H and O–H groups in total. The molecule has 0 aliphatic carbocycles. The van der Waals surface area contributed by atoms with Gasteiger partial charge in [0.1, 0.15) is 12.5 Å². The smallest absolute Gasteiger partial charge is 0.142 e. The van der Waals surface area contributed by atoms with Gasteiger partial charge in [-0.3, -0.25) is 0 Å². The fourth-order valence-corrected chi connectivity index (χ4v) is 1.16. The van der Waals surface area contributed by atoms with Gasteiger partial charge >= 0.3 is 0 Å². The highest BCUT2D eigenvalue weighted by Crippen LogP contribution is 2.24. The van der Waals surface area contributed by atoms with Crippen LogP contribution in [0.2, 0.25) is 5.02 Å². The molecular weight excluding hydrogens is 184 g/mol. The van der Waals surface area contributed by atoms with Crippen molar-refractivity contribution in [2.45, 2.75) is 6.04 Å². The molecule has 0 spiro atoms. The fraction of sp³-hybridized carbons (Fsp3) is 0.250. The predicted molar refractivity (Wildman–Crippen MR) is 44.3 cm³/mol. The first kappa shape index (κ1) is 9.42. The normalized spacial score (nSPS) is 13.0. The van der Waals surface area contributed by atoms with E-state index in [2.05, 4.69) is 0 Å². The maximum atomic E-state index is 12.8. The van der Waals surface area contributed by atoms with Gasteiger partial charge in [0.15, 0.2) is 0 Å². The molecular formula is C8H8ClF2N. The molecule has 0 heterocycles. The third-order valence-electron chi connectivity index (χ3n) is 1.55. The average molecular weight is 192 g/mol. The van der Waals surface area contributed by atoms with Crippen LogP contribution in [0.5, 0.6) is 0 Å². The van der Waals surface area contributed by atoms with Crippen LogP contribution in [0, 0.1) is 5.82 Å². The van der Waals surface area contributed by atoms with Crippen LogP contribution in [0.3, 0.4) is 0 Å². The molecule has 1 aromatic rings. The monoisotopic (exact) mass is 191 g/mol. The van der Waals surface area contributed by atoms with Crippen LogP contribution in [0.25, 0.3) is 0 Å². The molecule has 4 heteroatoms.